The first-order valence-corrected chi connectivity index (χ1v) is 6.41. The lowest BCUT2D eigenvalue weighted by Gasteiger charge is -1.95. The van der Waals surface area contributed by atoms with Crippen molar-refractivity contribution in [3.63, 3.8) is 0 Å². The smallest absolute Gasteiger partial charge is 0.425 e. The molecule has 2 unspecified atom stereocenters. The number of carbonyl (C=O) groups is 1. The molecule has 0 amide bonds. The fourth-order valence-corrected chi connectivity index (χ4v) is 2.03. The average Bonchev–Trinajstić information content (AvgIpc) is 2.64. The first kappa shape index (κ1) is 12.4. The monoisotopic (exact) mass is 235 g/mol. The Balaban J connectivity index is 2.06. The summed E-state index contributed by atoms with van der Waals surface area (Å²) in [6.07, 6.45) is 3.50. The van der Waals surface area contributed by atoms with Gasteiger partial charge in [0.25, 0.3) is 0 Å². The van der Waals surface area contributed by atoms with Crippen LogP contribution in [0.4, 0.5) is 4.79 Å². The third-order valence-corrected chi connectivity index (χ3v) is 3.19. The molecule has 1 heterocycles. The second kappa shape index (κ2) is 6.75. The third-order valence-electron chi connectivity index (χ3n) is 2.03. The summed E-state index contributed by atoms with van der Waals surface area (Å²) in [5, 5.41) is 0. The van der Waals surface area contributed by atoms with Crippen LogP contribution in [0, 0.1) is 0 Å². The molecule has 0 bridgehead atoms. The van der Waals surface area contributed by atoms with Gasteiger partial charge in [-0.15, -0.1) is 4.52 Å². The summed E-state index contributed by atoms with van der Waals surface area (Å²) in [5.41, 5.74) is 0. The quantitative estimate of drug-likeness (QED) is 0.385. The summed E-state index contributed by atoms with van der Waals surface area (Å²) >= 11 is 0. The van der Waals surface area contributed by atoms with Gasteiger partial charge in [0.1, 0.15) is 6.61 Å². The molecule has 15 heavy (non-hydrogen) atoms. The van der Waals surface area contributed by atoms with E-state index in [9.17, 15) is 9.36 Å². The second-order valence-electron chi connectivity index (χ2n) is 3.31. The number of unbranched alkanes of at least 4 members (excludes halogenated alkanes) is 3. The van der Waals surface area contributed by atoms with Crippen molar-refractivity contribution in [3.05, 3.63) is 0 Å². The maximum absolute atomic E-state index is 11.4. The van der Waals surface area contributed by atoms with Crippen molar-refractivity contribution in [1.29, 1.82) is 0 Å². The van der Waals surface area contributed by atoms with E-state index in [0.717, 1.165) is 25.7 Å². The van der Waals surface area contributed by atoms with Gasteiger partial charge in [-0.3, -0.25) is 0 Å². The highest BCUT2D eigenvalue weighted by Crippen LogP contribution is 2.33. The molecule has 2 atom stereocenters. The molecule has 0 aromatic carbocycles. The number of carbonyl (C=O) groups excluding carboxylic acids is 1. The van der Waals surface area contributed by atoms with Crippen LogP contribution in [0.25, 0.3) is 0 Å². The molecular weight excluding hydrogens is 219 g/mol. The predicted octanol–water partition coefficient (Wildman–Crippen LogP) is 2.82. The minimum Gasteiger partial charge on any atom is -0.425 e. The number of cyclic esters (lactones) is 2. The van der Waals surface area contributed by atoms with Crippen LogP contribution in [-0.2, 0) is 18.6 Å². The lowest BCUT2D eigenvalue weighted by Crippen LogP contribution is -2.05. The van der Waals surface area contributed by atoms with Gasteiger partial charge >= 0.3 is 20.0 Å². The Morgan fingerprint density at radius 2 is 2.27 bits per heavy atom. The first-order chi connectivity index (χ1) is 7.24. The maximum atomic E-state index is 11.4. The van der Waals surface area contributed by atoms with Crippen molar-refractivity contribution in [1.82, 2.24) is 0 Å². The topological polar surface area (TPSA) is 61.8 Å². The molecule has 0 aromatic heterocycles. The van der Waals surface area contributed by atoms with E-state index in [2.05, 4.69) is 16.4 Å². The summed E-state index contributed by atoms with van der Waals surface area (Å²) in [5.74, 6) is -0.723. The largest absolute Gasteiger partial charge is 0.557 e. The van der Waals surface area contributed by atoms with E-state index in [4.69, 9.17) is 4.52 Å². The predicted molar refractivity (Wildman–Crippen MR) is 53.9 cm³/mol. The highest BCUT2D eigenvalue weighted by atomic mass is 31.1. The van der Waals surface area contributed by atoms with Crippen molar-refractivity contribution in [3.8, 4) is 0 Å². The van der Waals surface area contributed by atoms with E-state index < -0.39 is 20.0 Å². The van der Waals surface area contributed by atoms with Crippen LogP contribution in [0.1, 0.15) is 32.6 Å². The molecule has 86 valence electrons. The summed E-state index contributed by atoms with van der Waals surface area (Å²) in [6.45, 7) is 2.60. The van der Waals surface area contributed by atoms with Gasteiger partial charge in [0.2, 0.25) is 0 Å². The second-order valence-corrected chi connectivity index (χ2v) is 4.72. The van der Waals surface area contributed by atoms with Gasteiger partial charge in [0, 0.05) is 0 Å². The van der Waals surface area contributed by atoms with Crippen LogP contribution >= 0.6 is 8.03 Å². The van der Waals surface area contributed by atoms with Crippen molar-refractivity contribution >= 4 is 14.2 Å². The third kappa shape index (κ3) is 4.58. The first-order valence-electron chi connectivity index (χ1n) is 5.16. The average molecular weight is 235 g/mol. The Morgan fingerprint density at radius 3 is 2.87 bits per heavy atom. The van der Waals surface area contributed by atoms with Gasteiger partial charge in [-0.25, -0.2) is 4.79 Å². The highest BCUT2D eigenvalue weighted by Gasteiger charge is 2.43. The molecule has 0 radical (unpaired) electrons. The van der Waals surface area contributed by atoms with E-state index in [1.807, 2.05) is 0 Å². The maximum Gasteiger partial charge on any atom is 0.557 e. The molecule has 0 aliphatic carbocycles. The van der Waals surface area contributed by atoms with Crippen molar-refractivity contribution < 1.29 is 23.4 Å². The molecule has 6 heteroatoms. The van der Waals surface area contributed by atoms with E-state index >= 15 is 0 Å². The highest BCUT2D eigenvalue weighted by molar-refractivity contribution is 7.39. The zero-order chi connectivity index (χ0) is 11.1. The van der Waals surface area contributed by atoms with Gasteiger partial charge in [0.15, 0.2) is 6.61 Å². The number of hydrogen-bond donors (Lipinski definition) is 0. The van der Waals surface area contributed by atoms with Crippen LogP contribution in [0.15, 0.2) is 0 Å². The SMILES string of the molecule is CCCCCCO[P+](=O)C1COC(=O)O1. The van der Waals surface area contributed by atoms with Crippen LogP contribution in [0.2, 0.25) is 0 Å². The standard InChI is InChI=1S/C9H16O5P/c1-2-3-4-5-6-13-15(11)8-7-12-9(10)14-8/h8H,2-7H2,1H3/q+1. The molecule has 0 spiro atoms. The molecular formula is C9H16O5P+. The van der Waals surface area contributed by atoms with Gasteiger partial charge < -0.3 is 9.47 Å². The summed E-state index contributed by atoms with van der Waals surface area (Å²) in [6, 6.07) is 0. The van der Waals surface area contributed by atoms with E-state index in [1.54, 1.807) is 0 Å². The van der Waals surface area contributed by atoms with Crippen LogP contribution < -0.4 is 0 Å². The molecule has 5 nitrogen and oxygen atoms in total. The molecule has 1 aliphatic heterocycles. The van der Waals surface area contributed by atoms with Crippen LogP contribution in [0.3, 0.4) is 0 Å². The lowest BCUT2D eigenvalue weighted by atomic mass is 10.2. The summed E-state index contributed by atoms with van der Waals surface area (Å²) in [7, 11) is -1.95. The zero-order valence-electron chi connectivity index (χ0n) is 8.81. The summed E-state index contributed by atoms with van der Waals surface area (Å²) in [4.78, 5) is 10.5. The van der Waals surface area contributed by atoms with Crippen molar-refractivity contribution in [2.75, 3.05) is 13.2 Å². The fourth-order valence-electron chi connectivity index (χ4n) is 1.19. The lowest BCUT2D eigenvalue weighted by molar-refractivity contribution is 0.126. The van der Waals surface area contributed by atoms with Crippen molar-refractivity contribution in [2.24, 2.45) is 0 Å². The Bertz CT molecular complexity index is 231. The minimum atomic E-state index is -1.95. The summed E-state index contributed by atoms with van der Waals surface area (Å²) < 4.78 is 25.6. The van der Waals surface area contributed by atoms with Gasteiger partial charge in [-0.2, -0.15) is 0 Å². The van der Waals surface area contributed by atoms with Gasteiger partial charge in [-0.05, 0) is 11.0 Å². The minimum absolute atomic E-state index is 0.0308. The zero-order valence-corrected chi connectivity index (χ0v) is 9.70. The Hall–Kier alpha value is -0.670. The molecule has 0 aromatic rings. The van der Waals surface area contributed by atoms with E-state index in [-0.39, 0.29) is 6.61 Å². The fraction of sp³-hybridized carbons (Fsp3) is 0.889. The number of hydrogen-bond acceptors (Lipinski definition) is 5. The van der Waals surface area contributed by atoms with Crippen LogP contribution in [0.5, 0.6) is 0 Å². The van der Waals surface area contributed by atoms with Crippen LogP contribution in [-0.4, -0.2) is 25.2 Å². The van der Waals surface area contributed by atoms with Gasteiger partial charge in [-0.1, -0.05) is 26.2 Å². The number of ether oxygens (including phenoxy) is 2. The molecule has 0 N–H and O–H groups in total. The normalized spacial score (nSPS) is 21.0. The molecule has 1 fully saturated rings. The Kier molecular flexibility index (Phi) is 5.58. The Morgan fingerprint density at radius 1 is 1.47 bits per heavy atom. The van der Waals surface area contributed by atoms with Gasteiger partial charge in [0.05, 0.1) is 0 Å². The van der Waals surface area contributed by atoms with Crippen molar-refractivity contribution in [2.45, 2.75) is 38.5 Å². The molecule has 0 saturated carbocycles. The van der Waals surface area contributed by atoms with E-state index in [0.29, 0.717) is 6.61 Å². The molecule has 1 saturated heterocycles. The molecule has 1 aliphatic rings. The Labute approximate surface area is 89.9 Å². The molecule has 1 rings (SSSR count). The van der Waals surface area contributed by atoms with E-state index in [1.165, 1.54) is 0 Å². The number of rotatable bonds is 7.